The highest BCUT2D eigenvalue weighted by Crippen LogP contribution is 2.56. The highest BCUT2D eigenvalue weighted by Gasteiger charge is 2.46. The first-order valence-corrected chi connectivity index (χ1v) is 10.3. The molecule has 0 atom stereocenters. The lowest BCUT2D eigenvalue weighted by Crippen LogP contribution is -2.28. The molecule has 4 nitrogen and oxygen atoms in total. The van der Waals surface area contributed by atoms with Crippen LogP contribution in [-0.4, -0.2) is 13.5 Å². The van der Waals surface area contributed by atoms with Crippen molar-refractivity contribution in [3.63, 3.8) is 0 Å². The first-order valence-electron chi connectivity index (χ1n) is 10.3. The van der Waals surface area contributed by atoms with Gasteiger partial charge in [-0.3, -0.25) is 11.5 Å². The number of fused-ring (bicyclic) bond motifs is 3. The number of benzene rings is 4. The maximum Gasteiger partial charge on any atom is 0.137 e. The third-order valence-electron chi connectivity index (χ3n) is 5.99. The molecular weight excluding hydrogens is 384 g/mol. The first-order chi connectivity index (χ1) is 15.3. The molecule has 4 N–H and O–H groups in total. The van der Waals surface area contributed by atoms with Gasteiger partial charge in [0.15, 0.2) is 0 Å². The van der Waals surface area contributed by atoms with Crippen molar-refractivity contribution in [1.82, 2.24) is 0 Å². The third-order valence-corrected chi connectivity index (χ3v) is 5.99. The van der Waals surface area contributed by atoms with Crippen molar-refractivity contribution in [2.45, 2.75) is 5.41 Å². The van der Waals surface area contributed by atoms with Gasteiger partial charge in [-0.2, -0.15) is 0 Å². The van der Waals surface area contributed by atoms with Gasteiger partial charge in [0, 0.05) is 0 Å². The predicted molar refractivity (Wildman–Crippen MR) is 123 cm³/mol. The Morgan fingerprint density at radius 3 is 1.45 bits per heavy atom. The number of nitrogens with two attached hydrogens (primary N) is 2. The lowest BCUT2D eigenvalue weighted by Gasteiger charge is -2.34. The van der Waals surface area contributed by atoms with Gasteiger partial charge in [0.05, 0.1) is 5.41 Å². The molecule has 0 unspecified atom stereocenters. The standard InChI is InChI=1S/C27H24N2O2/c28-17-30-21-9-5-7-19(15-21)27(20-8-6-10-22(16-20)31-18-29)25-13-3-1-11-23(25)24-12-2-4-14-26(24)27/h1-16H,17-18,28-29H2. The largest absolute Gasteiger partial charge is 0.479 e. The van der Waals surface area contributed by atoms with Gasteiger partial charge >= 0.3 is 0 Å². The SMILES string of the molecule is NCOc1cccc(C2(c3cccc(OCN)c3)c3ccccc3-c3ccccc32)c1. The monoisotopic (exact) mass is 408 g/mol. The van der Waals surface area contributed by atoms with Crippen molar-refractivity contribution in [3.05, 3.63) is 119 Å². The molecule has 0 fully saturated rings. The average molecular weight is 409 g/mol. The third kappa shape index (κ3) is 3.00. The summed E-state index contributed by atoms with van der Waals surface area (Å²) in [5.41, 5.74) is 17.9. The van der Waals surface area contributed by atoms with Crippen LogP contribution in [0.2, 0.25) is 0 Å². The summed E-state index contributed by atoms with van der Waals surface area (Å²) in [7, 11) is 0. The Bertz CT molecular complexity index is 1140. The van der Waals surface area contributed by atoms with Gasteiger partial charge in [-0.15, -0.1) is 0 Å². The maximum absolute atomic E-state index is 5.66. The smallest absolute Gasteiger partial charge is 0.137 e. The molecule has 0 bridgehead atoms. The molecule has 1 aliphatic carbocycles. The Morgan fingerprint density at radius 1 is 0.548 bits per heavy atom. The van der Waals surface area contributed by atoms with Crippen LogP contribution in [0.3, 0.4) is 0 Å². The molecule has 1 aliphatic rings. The minimum absolute atomic E-state index is 0.128. The molecule has 4 aromatic rings. The highest BCUT2D eigenvalue weighted by molar-refractivity contribution is 5.86. The second-order valence-corrected chi connectivity index (χ2v) is 7.52. The summed E-state index contributed by atoms with van der Waals surface area (Å²) in [5, 5.41) is 0. The minimum atomic E-state index is -0.519. The second-order valence-electron chi connectivity index (χ2n) is 7.52. The second kappa shape index (κ2) is 7.91. The van der Waals surface area contributed by atoms with Crippen LogP contribution >= 0.6 is 0 Å². The normalized spacial score (nSPS) is 13.4. The van der Waals surface area contributed by atoms with Gasteiger partial charge in [0.2, 0.25) is 0 Å². The zero-order valence-electron chi connectivity index (χ0n) is 17.1. The fraction of sp³-hybridized carbons (Fsp3) is 0.111. The highest BCUT2D eigenvalue weighted by atomic mass is 16.5. The molecule has 154 valence electrons. The van der Waals surface area contributed by atoms with E-state index >= 15 is 0 Å². The van der Waals surface area contributed by atoms with Gasteiger partial charge in [-0.05, 0) is 57.6 Å². The van der Waals surface area contributed by atoms with Gasteiger partial charge in [-0.1, -0.05) is 72.8 Å². The topological polar surface area (TPSA) is 70.5 Å². The van der Waals surface area contributed by atoms with E-state index < -0.39 is 5.41 Å². The predicted octanol–water partition coefficient (Wildman–Crippen LogP) is 4.64. The zero-order chi connectivity index (χ0) is 21.3. The summed E-state index contributed by atoms with van der Waals surface area (Å²) in [6, 6.07) is 33.6. The van der Waals surface area contributed by atoms with E-state index in [0.717, 1.165) is 22.6 Å². The van der Waals surface area contributed by atoms with E-state index in [9.17, 15) is 0 Å². The summed E-state index contributed by atoms with van der Waals surface area (Å²) in [5.74, 6) is 1.49. The van der Waals surface area contributed by atoms with Crippen LogP contribution in [0.4, 0.5) is 0 Å². The molecule has 0 aliphatic heterocycles. The van der Waals surface area contributed by atoms with Crippen LogP contribution in [0.25, 0.3) is 11.1 Å². The maximum atomic E-state index is 5.66. The van der Waals surface area contributed by atoms with Crippen molar-refractivity contribution in [1.29, 1.82) is 0 Å². The van der Waals surface area contributed by atoms with Crippen LogP contribution < -0.4 is 20.9 Å². The molecule has 0 heterocycles. The molecule has 0 saturated heterocycles. The van der Waals surface area contributed by atoms with E-state index in [4.69, 9.17) is 20.9 Å². The van der Waals surface area contributed by atoms with Crippen LogP contribution in [0, 0.1) is 0 Å². The van der Waals surface area contributed by atoms with Gasteiger partial charge in [-0.25, -0.2) is 0 Å². The summed E-state index contributed by atoms with van der Waals surface area (Å²) in [6.07, 6.45) is 0. The van der Waals surface area contributed by atoms with Crippen LogP contribution in [0.5, 0.6) is 11.5 Å². The van der Waals surface area contributed by atoms with E-state index in [0.29, 0.717) is 0 Å². The van der Waals surface area contributed by atoms with Crippen molar-refractivity contribution < 1.29 is 9.47 Å². The minimum Gasteiger partial charge on any atom is -0.479 e. The van der Waals surface area contributed by atoms with E-state index in [-0.39, 0.29) is 13.5 Å². The number of rotatable bonds is 6. The quantitative estimate of drug-likeness (QED) is 0.402. The van der Waals surface area contributed by atoms with Gasteiger partial charge in [0.1, 0.15) is 25.0 Å². The average Bonchev–Trinajstić information content (AvgIpc) is 3.11. The fourth-order valence-electron chi connectivity index (χ4n) is 4.85. The molecule has 0 radical (unpaired) electrons. The van der Waals surface area contributed by atoms with E-state index in [1.54, 1.807) is 0 Å². The molecule has 4 aromatic carbocycles. The molecule has 5 rings (SSSR count). The van der Waals surface area contributed by atoms with Crippen LogP contribution in [-0.2, 0) is 5.41 Å². The molecule has 0 saturated carbocycles. The van der Waals surface area contributed by atoms with Crippen molar-refractivity contribution in [2.24, 2.45) is 11.5 Å². The van der Waals surface area contributed by atoms with Gasteiger partial charge in [0.25, 0.3) is 0 Å². The summed E-state index contributed by atoms with van der Waals surface area (Å²) >= 11 is 0. The Labute approximate surface area is 182 Å². The first kappa shape index (κ1) is 19.4. The van der Waals surface area contributed by atoms with Crippen LogP contribution in [0.1, 0.15) is 22.3 Å². The van der Waals surface area contributed by atoms with Crippen LogP contribution in [0.15, 0.2) is 97.1 Å². The molecule has 0 aromatic heterocycles. The van der Waals surface area contributed by atoms with E-state index in [1.807, 2.05) is 24.3 Å². The summed E-state index contributed by atoms with van der Waals surface area (Å²) < 4.78 is 11.3. The number of hydrogen-bond acceptors (Lipinski definition) is 4. The van der Waals surface area contributed by atoms with Crippen molar-refractivity contribution >= 4 is 0 Å². The molecule has 0 amide bonds. The van der Waals surface area contributed by atoms with E-state index in [1.165, 1.54) is 22.3 Å². The zero-order valence-corrected chi connectivity index (χ0v) is 17.1. The molecular formula is C27H24N2O2. The van der Waals surface area contributed by atoms with Crippen molar-refractivity contribution in [3.8, 4) is 22.6 Å². The Morgan fingerprint density at radius 2 is 1.00 bits per heavy atom. The van der Waals surface area contributed by atoms with Crippen molar-refractivity contribution in [2.75, 3.05) is 13.5 Å². The summed E-state index contributed by atoms with van der Waals surface area (Å²) in [6.45, 7) is 0.257. The lowest BCUT2D eigenvalue weighted by atomic mass is 9.67. The van der Waals surface area contributed by atoms with Gasteiger partial charge < -0.3 is 9.47 Å². The molecule has 31 heavy (non-hydrogen) atoms. The Hall–Kier alpha value is -3.60. The van der Waals surface area contributed by atoms with E-state index in [2.05, 4.69) is 72.8 Å². The summed E-state index contributed by atoms with van der Waals surface area (Å²) in [4.78, 5) is 0. The fourth-order valence-corrected chi connectivity index (χ4v) is 4.85. The number of hydrogen-bond donors (Lipinski definition) is 2. The Balaban J connectivity index is 1.88. The molecule has 0 spiro atoms. The lowest BCUT2D eigenvalue weighted by molar-refractivity contribution is 0.328. The Kier molecular flexibility index (Phi) is 4.94. The molecule has 4 heteroatoms. The number of ether oxygens (including phenoxy) is 2.